The molecule has 11 heavy (non-hydrogen) atoms. The van der Waals surface area contributed by atoms with Gasteiger partial charge < -0.3 is 14.9 Å². The summed E-state index contributed by atoms with van der Waals surface area (Å²) in [6.45, 7) is 3.40. The molecule has 0 radical (unpaired) electrons. The molecule has 0 atom stereocenters. The van der Waals surface area contributed by atoms with Crippen molar-refractivity contribution in [1.82, 2.24) is 0 Å². The smallest absolute Gasteiger partial charge is 0.311 e. The molecule has 0 spiro atoms. The molecule has 0 saturated carbocycles. The number of hydrogen-bond donors (Lipinski definition) is 2. The second-order valence-corrected chi connectivity index (χ2v) is 2.97. The molecule has 0 aliphatic rings. The number of carbonyl (C=O) groups is 1. The van der Waals surface area contributed by atoms with Crippen LogP contribution in [-0.4, -0.2) is 36.0 Å². The van der Waals surface area contributed by atoms with E-state index in [1.54, 1.807) is 13.8 Å². The van der Waals surface area contributed by atoms with Gasteiger partial charge in [-0.05, 0) is 13.8 Å². The van der Waals surface area contributed by atoms with E-state index in [2.05, 4.69) is 0 Å². The zero-order chi connectivity index (χ0) is 8.91. The topological polar surface area (TPSA) is 66.8 Å². The zero-order valence-corrected chi connectivity index (χ0v) is 6.83. The van der Waals surface area contributed by atoms with Crippen LogP contribution < -0.4 is 0 Å². The Morgan fingerprint density at radius 1 is 1.55 bits per heavy atom. The van der Waals surface area contributed by atoms with Crippen LogP contribution in [0, 0.1) is 5.41 Å². The van der Waals surface area contributed by atoms with E-state index in [0.717, 1.165) is 0 Å². The molecule has 66 valence electrons. The van der Waals surface area contributed by atoms with E-state index >= 15 is 0 Å². The van der Waals surface area contributed by atoms with Gasteiger partial charge in [-0.15, -0.1) is 0 Å². The Labute approximate surface area is 65.8 Å². The molecular formula is C7H14O4. The highest BCUT2D eigenvalue weighted by atomic mass is 16.5. The lowest BCUT2D eigenvalue weighted by molar-refractivity contribution is -0.150. The van der Waals surface area contributed by atoms with Gasteiger partial charge >= 0.3 is 5.97 Å². The summed E-state index contributed by atoms with van der Waals surface area (Å²) in [6, 6.07) is 0. The van der Waals surface area contributed by atoms with Crippen molar-refractivity contribution in [3.8, 4) is 0 Å². The average molecular weight is 162 g/mol. The lowest BCUT2D eigenvalue weighted by Gasteiger charge is -2.18. The fraction of sp³-hybridized carbons (Fsp3) is 0.857. The van der Waals surface area contributed by atoms with Gasteiger partial charge in [0.1, 0.15) is 0 Å². The fourth-order valence-electron chi connectivity index (χ4n) is 0.454. The maximum absolute atomic E-state index is 10.5. The third kappa shape index (κ3) is 3.95. The predicted octanol–water partition coefficient (Wildman–Crippen LogP) is 0.106. The third-order valence-corrected chi connectivity index (χ3v) is 1.28. The molecule has 0 aliphatic carbocycles. The molecule has 0 rings (SSSR count). The normalized spacial score (nSPS) is 11.5. The molecule has 0 saturated heterocycles. The molecule has 4 heteroatoms. The van der Waals surface area contributed by atoms with Gasteiger partial charge in [0.25, 0.3) is 0 Å². The van der Waals surface area contributed by atoms with Crippen LogP contribution in [0.4, 0.5) is 0 Å². The Morgan fingerprint density at radius 2 is 2.09 bits per heavy atom. The van der Waals surface area contributed by atoms with Gasteiger partial charge in [-0.3, -0.25) is 4.79 Å². The van der Waals surface area contributed by atoms with E-state index in [-0.39, 0.29) is 19.8 Å². The number of aliphatic carboxylic acids is 1. The van der Waals surface area contributed by atoms with Crippen molar-refractivity contribution in [3.05, 3.63) is 0 Å². The molecule has 2 N–H and O–H groups in total. The number of carboxylic acids is 1. The number of hydrogen-bond acceptors (Lipinski definition) is 3. The summed E-state index contributed by atoms with van der Waals surface area (Å²) in [5.74, 6) is -0.893. The van der Waals surface area contributed by atoms with Gasteiger partial charge in [0, 0.05) is 0 Å². The first-order valence-electron chi connectivity index (χ1n) is 3.42. The number of aliphatic hydroxyl groups is 1. The Balaban J connectivity index is 3.64. The maximum atomic E-state index is 10.5. The van der Waals surface area contributed by atoms with Crippen LogP contribution in [0.3, 0.4) is 0 Å². The molecule has 0 aromatic rings. The Kier molecular flexibility index (Phi) is 4.07. The summed E-state index contributed by atoms with van der Waals surface area (Å²) in [6.07, 6.45) is 0. The molecule has 0 aromatic heterocycles. The number of aliphatic hydroxyl groups excluding tert-OH is 1. The third-order valence-electron chi connectivity index (χ3n) is 1.28. The Bertz CT molecular complexity index is 130. The molecule has 0 fully saturated rings. The minimum Gasteiger partial charge on any atom is -0.481 e. The quantitative estimate of drug-likeness (QED) is 0.563. The first-order chi connectivity index (χ1) is 5.00. The Morgan fingerprint density at radius 3 is 2.45 bits per heavy atom. The van der Waals surface area contributed by atoms with Crippen LogP contribution in [0.1, 0.15) is 13.8 Å². The second kappa shape index (κ2) is 4.31. The van der Waals surface area contributed by atoms with Gasteiger partial charge in [0.15, 0.2) is 0 Å². The van der Waals surface area contributed by atoms with E-state index in [1.807, 2.05) is 0 Å². The van der Waals surface area contributed by atoms with Crippen LogP contribution in [0.5, 0.6) is 0 Å². The largest absolute Gasteiger partial charge is 0.481 e. The maximum Gasteiger partial charge on any atom is 0.311 e. The zero-order valence-electron chi connectivity index (χ0n) is 6.83. The molecule has 0 bridgehead atoms. The standard InChI is InChI=1S/C7H14O4/c1-7(2,6(9)10)5-11-4-3-8/h8H,3-5H2,1-2H3,(H,9,10). The average Bonchev–Trinajstić information content (AvgIpc) is 1.88. The predicted molar refractivity (Wildman–Crippen MR) is 39.3 cm³/mol. The lowest BCUT2D eigenvalue weighted by Crippen LogP contribution is -2.29. The van der Waals surface area contributed by atoms with Gasteiger partial charge in [-0.1, -0.05) is 0 Å². The molecule has 4 nitrogen and oxygen atoms in total. The van der Waals surface area contributed by atoms with Crippen molar-refractivity contribution < 1.29 is 19.7 Å². The highest BCUT2D eigenvalue weighted by Crippen LogP contribution is 2.14. The van der Waals surface area contributed by atoms with E-state index < -0.39 is 11.4 Å². The molecule has 0 amide bonds. The van der Waals surface area contributed by atoms with Gasteiger partial charge in [-0.2, -0.15) is 0 Å². The fourth-order valence-corrected chi connectivity index (χ4v) is 0.454. The van der Waals surface area contributed by atoms with Crippen molar-refractivity contribution in [2.24, 2.45) is 5.41 Å². The summed E-state index contributed by atoms with van der Waals surface area (Å²) >= 11 is 0. The van der Waals surface area contributed by atoms with Gasteiger partial charge in [0.2, 0.25) is 0 Å². The van der Waals surface area contributed by atoms with Gasteiger partial charge in [0.05, 0.1) is 25.2 Å². The van der Waals surface area contributed by atoms with Crippen molar-refractivity contribution in [3.63, 3.8) is 0 Å². The molecule has 0 heterocycles. The van der Waals surface area contributed by atoms with Crippen molar-refractivity contribution in [1.29, 1.82) is 0 Å². The van der Waals surface area contributed by atoms with E-state index in [9.17, 15) is 4.79 Å². The van der Waals surface area contributed by atoms with Crippen LogP contribution in [0.15, 0.2) is 0 Å². The van der Waals surface area contributed by atoms with E-state index in [4.69, 9.17) is 14.9 Å². The van der Waals surface area contributed by atoms with Gasteiger partial charge in [-0.25, -0.2) is 0 Å². The molecule has 0 aromatic carbocycles. The minimum atomic E-state index is -0.893. The molecule has 0 aliphatic heterocycles. The highest BCUT2D eigenvalue weighted by molar-refractivity contribution is 5.73. The van der Waals surface area contributed by atoms with Crippen LogP contribution in [0.2, 0.25) is 0 Å². The Hall–Kier alpha value is -0.610. The SMILES string of the molecule is CC(C)(COCCO)C(=O)O. The number of rotatable bonds is 5. The van der Waals surface area contributed by atoms with E-state index in [0.29, 0.717) is 0 Å². The molecule has 0 unspecified atom stereocenters. The van der Waals surface area contributed by atoms with Crippen molar-refractivity contribution >= 4 is 5.97 Å². The summed E-state index contributed by atoms with van der Waals surface area (Å²) in [5, 5.41) is 16.9. The number of carboxylic acid groups (broad SMARTS) is 1. The summed E-state index contributed by atoms with van der Waals surface area (Å²) in [4.78, 5) is 10.5. The van der Waals surface area contributed by atoms with Crippen LogP contribution >= 0.6 is 0 Å². The van der Waals surface area contributed by atoms with Crippen LogP contribution in [-0.2, 0) is 9.53 Å². The van der Waals surface area contributed by atoms with E-state index in [1.165, 1.54) is 0 Å². The summed E-state index contributed by atoms with van der Waals surface area (Å²) < 4.78 is 4.88. The summed E-state index contributed by atoms with van der Waals surface area (Å²) in [5.41, 5.74) is -0.866. The lowest BCUT2D eigenvalue weighted by atomic mass is 9.95. The summed E-state index contributed by atoms with van der Waals surface area (Å²) in [7, 11) is 0. The van der Waals surface area contributed by atoms with Crippen molar-refractivity contribution in [2.75, 3.05) is 19.8 Å². The number of ether oxygens (including phenoxy) is 1. The van der Waals surface area contributed by atoms with Crippen LogP contribution in [0.25, 0.3) is 0 Å². The van der Waals surface area contributed by atoms with Crippen molar-refractivity contribution in [2.45, 2.75) is 13.8 Å². The molecular weight excluding hydrogens is 148 g/mol. The minimum absolute atomic E-state index is 0.0737. The second-order valence-electron chi connectivity index (χ2n) is 2.97. The highest BCUT2D eigenvalue weighted by Gasteiger charge is 2.26. The first-order valence-corrected chi connectivity index (χ1v) is 3.42. The monoisotopic (exact) mass is 162 g/mol. The first kappa shape index (κ1) is 10.4.